The summed E-state index contributed by atoms with van der Waals surface area (Å²) in [6, 6.07) is 0. The van der Waals surface area contributed by atoms with Crippen molar-refractivity contribution in [2.75, 3.05) is 6.61 Å². The van der Waals surface area contributed by atoms with Crippen LogP contribution in [0.5, 0.6) is 0 Å². The Kier molecular flexibility index (Phi) is 9.58. The molecular formula is C20H40O6P+. The van der Waals surface area contributed by atoms with Gasteiger partial charge >= 0.3 is 14.2 Å². The lowest BCUT2D eigenvalue weighted by Gasteiger charge is -2.39. The molecule has 0 heterocycles. The molecule has 0 aliphatic carbocycles. The van der Waals surface area contributed by atoms with Crippen molar-refractivity contribution in [1.29, 1.82) is 0 Å². The molecule has 0 spiro atoms. The Morgan fingerprint density at radius 3 is 1.96 bits per heavy atom. The van der Waals surface area contributed by atoms with Gasteiger partial charge in [0.15, 0.2) is 0 Å². The summed E-state index contributed by atoms with van der Waals surface area (Å²) in [5, 5.41) is 0. The van der Waals surface area contributed by atoms with Gasteiger partial charge in [0.05, 0.1) is 12.0 Å². The van der Waals surface area contributed by atoms with E-state index in [0.717, 1.165) is 6.42 Å². The molecule has 0 aromatic carbocycles. The highest BCUT2D eigenvalue weighted by atomic mass is 31.1. The van der Waals surface area contributed by atoms with E-state index in [4.69, 9.17) is 18.9 Å². The van der Waals surface area contributed by atoms with Gasteiger partial charge in [-0.2, -0.15) is 0 Å². The van der Waals surface area contributed by atoms with Crippen molar-refractivity contribution in [2.45, 2.75) is 99.9 Å². The normalized spacial score (nSPS) is 18.0. The average molecular weight is 408 g/mol. The van der Waals surface area contributed by atoms with Crippen molar-refractivity contribution < 1.29 is 28.3 Å². The van der Waals surface area contributed by atoms with Gasteiger partial charge in [-0.25, -0.2) is 0 Å². The Labute approximate surface area is 166 Å². The maximum absolute atomic E-state index is 13.0. The van der Waals surface area contributed by atoms with Gasteiger partial charge in [-0.05, 0) is 45.4 Å². The number of carbonyl (C=O) groups is 1. The topological polar surface area (TPSA) is 82.1 Å². The van der Waals surface area contributed by atoms with E-state index in [2.05, 4.69) is 20.8 Å². The number of rotatable bonds is 11. The van der Waals surface area contributed by atoms with Gasteiger partial charge in [-0.15, -0.1) is 4.89 Å². The van der Waals surface area contributed by atoms with Crippen LogP contribution in [-0.4, -0.2) is 28.9 Å². The second-order valence-corrected chi connectivity index (χ2v) is 10.5. The summed E-state index contributed by atoms with van der Waals surface area (Å²) in [6.07, 6.45) is 1.60. The van der Waals surface area contributed by atoms with Crippen LogP contribution in [0.25, 0.3) is 0 Å². The molecule has 160 valence electrons. The molecule has 0 aromatic rings. The molecule has 0 rings (SSSR count). The van der Waals surface area contributed by atoms with Gasteiger partial charge in [0.1, 0.15) is 5.60 Å². The molecular weight excluding hydrogens is 367 g/mol. The van der Waals surface area contributed by atoms with Crippen LogP contribution in [0, 0.1) is 16.7 Å². The first-order chi connectivity index (χ1) is 12.0. The Balaban J connectivity index is 4.98. The highest BCUT2D eigenvalue weighted by molar-refractivity contribution is 7.32. The quantitative estimate of drug-likeness (QED) is 0.272. The average Bonchev–Trinajstić information content (AvgIpc) is 2.43. The highest BCUT2D eigenvalue weighted by Gasteiger charge is 2.43. The lowest BCUT2D eigenvalue weighted by Crippen LogP contribution is -2.43. The van der Waals surface area contributed by atoms with Gasteiger partial charge in [0.25, 0.3) is 0 Å². The van der Waals surface area contributed by atoms with Crippen molar-refractivity contribution in [1.82, 2.24) is 0 Å². The van der Waals surface area contributed by atoms with Crippen LogP contribution in [0.3, 0.4) is 0 Å². The maximum atomic E-state index is 13.0. The van der Waals surface area contributed by atoms with Crippen LogP contribution < -0.4 is 0 Å². The maximum Gasteiger partial charge on any atom is 0.697 e. The summed E-state index contributed by atoms with van der Waals surface area (Å²) in [6.45, 7) is 19.8. The van der Waals surface area contributed by atoms with E-state index >= 15 is 0 Å². The third-order valence-electron chi connectivity index (χ3n) is 5.03. The van der Waals surface area contributed by atoms with Crippen molar-refractivity contribution in [2.24, 2.45) is 16.7 Å². The van der Waals surface area contributed by atoms with Gasteiger partial charge in [0.2, 0.25) is 5.79 Å². The molecule has 0 aromatic heterocycles. The Hall–Kier alpha value is -0.550. The summed E-state index contributed by atoms with van der Waals surface area (Å²) in [5.41, 5.74) is -1.29. The van der Waals surface area contributed by atoms with Gasteiger partial charge in [-0.3, -0.25) is 4.79 Å². The van der Waals surface area contributed by atoms with E-state index in [-0.39, 0.29) is 23.9 Å². The largest absolute Gasteiger partial charge is 0.697 e. The number of hydrogen-bond acceptors (Lipinski definition) is 5. The predicted molar refractivity (Wildman–Crippen MR) is 107 cm³/mol. The van der Waals surface area contributed by atoms with Crippen LogP contribution in [0.1, 0.15) is 88.5 Å². The first kappa shape index (κ1) is 26.4. The molecule has 7 heteroatoms. The van der Waals surface area contributed by atoms with Crippen LogP contribution in [0.4, 0.5) is 0 Å². The molecule has 0 saturated heterocycles. The second-order valence-electron chi connectivity index (χ2n) is 9.87. The van der Waals surface area contributed by atoms with E-state index < -0.39 is 25.1 Å². The van der Waals surface area contributed by atoms with Gasteiger partial charge in [-0.1, -0.05) is 46.1 Å². The molecule has 0 fully saturated rings. The minimum atomic E-state index is -2.75. The van der Waals surface area contributed by atoms with Crippen LogP contribution in [0.15, 0.2) is 0 Å². The third-order valence-corrected chi connectivity index (χ3v) is 5.57. The number of carbonyl (C=O) groups excluding carboxylic acids is 1. The van der Waals surface area contributed by atoms with Gasteiger partial charge < -0.3 is 9.47 Å². The minimum absolute atomic E-state index is 0.00650. The summed E-state index contributed by atoms with van der Waals surface area (Å²) in [7, 11) is -2.75. The molecule has 6 nitrogen and oxygen atoms in total. The van der Waals surface area contributed by atoms with Crippen molar-refractivity contribution in [3.05, 3.63) is 0 Å². The zero-order valence-corrected chi connectivity index (χ0v) is 19.7. The van der Waals surface area contributed by atoms with E-state index in [1.165, 1.54) is 0 Å². The fraction of sp³-hybridized carbons (Fsp3) is 0.950. The van der Waals surface area contributed by atoms with E-state index in [9.17, 15) is 9.36 Å². The highest BCUT2D eigenvalue weighted by Crippen LogP contribution is 2.41. The third kappa shape index (κ3) is 9.47. The summed E-state index contributed by atoms with van der Waals surface area (Å²) >= 11 is 0. The van der Waals surface area contributed by atoms with E-state index in [1.807, 2.05) is 41.5 Å². The molecule has 0 bridgehead atoms. The lowest BCUT2D eigenvalue weighted by molar-refractivity contribution is -0.189. The van der Waals surface area contributed by atoms with Gasteiger partial charge in [0, 0.05) is 17.4 Å². The fourth-order valence-corrected chi connectivity index (χ4v) is 3.42. The van der Waals surface area contributed by atoms with Crippen molar-refractivity contribution in [3.8, 4) is 0 Å². The zero-order chi connectivity index (χ0) is 21.7. The summed E-state index contributed by atoms with van der Waals surface area (Å²) < 4.78 is 27.4. The van der Waals surface area contributed by atoms with E-state index in [0.29, 0.717) is 12.8 Å². The van der Waals surface area contributed by atoms with E-state index in [1.54, 1.807) is 6.92 Å². The first-order valence-corrected chi connectivity index (χ1v) is 10.8. The Morgan fingerprint density at radius 1 is 1.07 bits per heavy atom. The molecule has 3 unspecified atom stereocenters. The summed E-state index contributed by atoms with van der Waals surface area (Å²) in [4.78, 5) is 22.0. The molecule has 0 radical (unpaired) electrons. The van der Waals surface area contributed by atoms with Crippen LogP contribution >= 0.6 is 8.25 Å². The Bertz CT molecular complexity index is 511. The molecule has 0 aliphatic rings. The number of ether oxygens (including phenoxy) is 2. The smallest absolute Gasteiger partial charge is 0.459 e. The first-order valence-electron chi connectivity index (χ1n) is 9.69. The molecule has 3 atom stereocenters. The van der Waals surface area contributed by atoms with Crippen LogP contribution in [0.2, 0.25) is 0 Å². The molecule has 0 saturated carbocycles. The monoisotopic (exact) mass is 407 g/mol. The summed E-state index contributed by atoms with van der Waals surface area (Å²) in [5.74, 6) is -1.19. The molecule has 0 aliphatic heterocycles. The van der Waals surface area contributed by atoms with Crippen LogP contribution in [-0.2, 0) is 23.4 Å². The second kappa shape index (κ2) is 9.78. The number of esters is 1. The molecule has 0 amide bonds. The minimum Gasteiger partial charge on any atom is -0.459 e. The van der Waals surface area contributed by atoms with Crippen molar-refractivity contribution in [3.63, 3.8) is 0 Å². The molecule has 27 heavy (non-hydrogen) atoms. The van der Waals surface area contributed by atoms with Crippen molar-refractivity contribution >= 4 is 14.2 Å². The Morgan fingerprint density at radius 2 is 1.59 bits per heavy atom. The fourth-order valence-electron chi connectivity index (χ4n) is 2.90. The number of hydrogen-bond donors (Lipinski definition) is 1. The predicted octanol–water partition coefficient (Wildman–Crippen LogP) is 5.61. The zero-order valence-electron chi connectivity index (χ0n) is 18.8. The molecule has 1 N–H and O–H groups in total. The standard InChI is InChI=1S/C20H39O6P/c1-11-20(10,26-27(22)23)24-13-12-18(7,8)25-16(21)19(9,15(2)3)14-17(4,5)6/h15H,11-14H2,1-10H3/p+1. The SMILES string of the molecule is CCC(C)(OCCC(C)(C)OC(=O)C(C)(CC(C)(C)C)C(C)C)O[P+](=O)O. The lowest BCUT2D eigenvalue weighted by atomic mass is 9.68.